The fourth-order valence-electron chi connectivity index (χ4n) is 6.89. The first-order valence-electron chi connectivity index (χ1n) is 20.6. The number of imide groups is 2. The molecule has 21 heteroatoms. The van der Waals surface area contributed by atoms with Gasteiger partial charge in [-0.15, -0.1) is 5.06 Å². The SMILES string of the molecule is CCC[CH2][Sn]([CH2]CCC)([CH2]CCCCC[n+]1ccn(CC)c1)[c]1cccc(C(=O)ON2C(=O)CCC2=O)c1.F[P-](F)(F)(F)(F)F.O=C(ON1C(=O)CCC1=O)c1cccc([125I])c1. The van der Waals surface area contributed by atoms with Crippen LogP contribution in [0.25, 0.3) is 0 Å². The Labute approximate surface area is 374 Å². The van der Waals surface area contributed by atoms with Gasteiger partial charge >= 0.3 is 272 Å². The van der Waals surface area contributed by atoms with E-state index in [0.29, 0.717) is 21.3 Å². The molecule has 0 radical (unpaired) electrons. The second kappa shape index (κ2) is 22.9. The predicted molar refractivity (Wildman–Crippen MR) is 231 cm³/mol. The fraction of sp³-hybridized carbons (Fsp3) is 0.488. The number of nitrogens with zero attached hydrogens (tertiary/aromatic N) is 4. The molecule has 0 unspecified atom stereocenters. The summed E-state index contributed by atoms with van der Waals surface area (Å²) < 4.78 is 69.8. The van der Waals surface area contributed by atoms with E-state index in [1.807, 2.05) is 18.2 Å². The van der Waals surface area contributed by atoms with Crippen molar-refractivity contribution in [1.29, 1.82) is 0 Å². The van der Waals surface area contributed by atoms with Crippen molar-refractivity contribution in [2.45, 2.75) is 124 Å². The Morgan fingerprint density at radius 1 is 0.677 bits per heavy atom. The minimum Gasteiger partial charge on any atom is -0.325 e. The number of aromatic nitrogens is 2. The van der Waals surface area contributed by atoms with Crippen LogP contribution in [0.3, 0.4) is 0 Å². The summed E-state index contributed by atoms with van der Waals surface area (Å²) in [6.45, 7) is 8.76. The van der Waals surface area contributed by atoms with Gasteiger partial charge in [-0.05, 0) is 40.8 Å². The Morgan fingerprint density at radius 2 is 1.13 bits per heavy atom. The summed E-state index contributed by atoms with van der Waals surface area (Å²) in [5.41, 5.74) is 0.754. The van der Waals surface area contributed by atoms with Crippen LogP contribution in [-0.2, 0) is 41.9 Å². The molecule has 1 aromatic heterocycles. The van der Waals surface area contributed by atoms with Crippen molar-refractivity contribution in [2.24, 2.45) is 0 Å². The molecule has 5 rings (SSSR count). The van der Waals surface area contributed by atoms with Crippen molar-refractivity contribution >= 4 is 87.9 Å². The van der Waals surface area contributed by atoms with Gasteiger partial charge < -0.3 is 4.84 Å². The predicted octanol–water partition coefficient (Wildman–Crippen LogP) is 10.4. The Hall–Kier alpha value is -3.59. The van der Waals surface area contributed by atoms with E-state index in [0.717, 1.165) is 16.7 Å². The smallest absolute Gasteiger partial charge is 0.325 e. The third kappa shape index (κ3) is 19.0. The quantitative estimate of drug-likeness (QED) is 0.0220. The number of aryl methyl sites for hydroxylation is 2. The van der Waals surface area contributed by atoms with Crippen LogP contribution in [0.1, 0.15) is 119 Å². The number of hydroxylamine groups is 4. The number of amides is 4. The molecule has 2 saturated heterocycles. The second-order valence-electron chi connectivity index (χ2n) is 15.1. The van der Waals surface area contributed by atoms with Gasteiger partial charge in [0.15, 0.2) is 0 Å². The third-order valence-corrected chi connectivity index (χ3v) is 26.4. The zero-order valence-corrected chi connectivity index (χ0v) is 40.9. The molecule has 4 amide bonds. The average molecular weight is 1120 g/mol. The van der Waals surface area contributed by atoms with Gasteiger partial charge in [-0.3, -0.25) is 9.59 Å². The number of benzene rings is 2. The van der Waals surface area contributed by atoms with Crippen LogP contribution in [0.4, 0.5) is 25.2 Å². The third-order valence-electron chi connectivity index (χ3n) is 10.1. The zero-order chi connectivity index (χ0) is 46.2. The van der Waals surface area contributed by atoms with E-state index in [1.165, 1.54) is 68.3 Å². The maximum atomic E-state index is 12.9. The van der Waals surface area contributed by atoms with E-state index < -0.39 is 61.8 Å². The summed E-state index contributed by atoms with van der Waals surface area (Å²) in [7, 11) is -10.7. The van der Waals surface area contributed by atoms with Crippen molar-refractivity contribution < 1.29 is 68.2 Å². The number of carbonyl (C=O) groups excluding carboxylic acids is 6. The fourth-order valence-corrected chi connectivity index (χ4v) is 23.2. The number of hydrogen-bond acceptors (Lipinski definition) is 8. The number of halogens is 7. The summed E-state index contributed by atoms with van der Waals surface area (Å²) in [5.74, 6) is -3.16. The molecule has 3 aromatic rings. The number of rotatable bonds is 19. The molecule has 12 nitrogen and oxygen atoms in total. The Bertz CT molecular complexity index is 2010. The van der Waals surface area contributed by atoms with Crippen LogP contribution in [0, 0.1) is 3.57 Å². The van der Waals surface area contributed by atoms with E-state index in [4.69, 9.17) is 9.68 Å². The van der Waals surface area contributed by atoms with E-state index in [9.17, 15) is 53.9 Å². The monoisotopic (exact) mass is 1120 g/mol. The molecule has 3 heterocycles. The Kier molecular flexibility index (Phi) is 19.4. The molecule has 0 saturated carbocycles. The van der Waals surface area contributed by atoms with Gasteiger partial charge in [0.1, 0.15) is 0 Å². The summed E-state index contributed by atoms with van der Waals surface area (Å²) in [4.78, 5) is 81.0. The molecule has 344 valence electrons. The first-order chi connectivity index (χ1) is 28.9. The summed E-state index contributed by atoms with van der Waals surface area (Å²) in [5, 5.41) is 1.19. The molecular formula is C41H54F6IN4O8PSn. The molecule has 0 spiro atoms. The average Bonchev–Trinajstić information content (AvgIpc) is 3.90. The molecule has 2 aromatic carbocycles. The van der Waals surface area contributed by atoms with Gasteiger partial charge in [0.2, 0.25) is 0 Å². The van der Waals surface area contributed by atoms with E-state index in [1.54, 1.807) is 24.3 Å². The van der Waals surface area contributed by atoms with Gasteiger partial charge in [0.25, 0.3) is 11.8 Å². The summed E-state index contributed by atoms with van der Waals surface area (Å²) >= 11 is -0.748. The molecular weight excluding hydrogens is 1070 g/mol. The van der Waals surface area contributed by atoms with Crippen LogP contribution in [0.5, 0.6) is 0 Å². The van der Waals surface area contributed by atoms with Crippen LogP contribution in [0.15, 0.2) is 67.3 Å². The van der Waals surface area contributed by atoms with Crippen LogP contribution >= 0.6 is 30.4 Å². The normalized spacial score (nSPS) is 15.3. The van der Waals surface area contributed by atoms with Gasteiger partial charge in [-0.25, -0.2) is 4.79 Å². The van der Waals surface area contributed by atoms with Crippen LogP contribution in [0.2, 0.25) is 13.3 Å². The van der Waals surface area contributed by atoms with Gasteiger partial charge in [0, 0.05) is 16.4 Å². The molecule has 0 N–H and O–H groups in total. The summed E-state index contributed by atoms with van der Waals surface area (Å²) in [6.07, 6.45) is 16.6. The van der Waals surface area contributed by atoms with Crippen molar-refractivity contribution in [2.75, 3.05) is 0 Å². The molecule has 2 aliphatic rings. The van der Waals surface area contributed by atoms with Crippen LogP contribution in [-0.4, -0.2) is 68.6 Å². The summed E-state index contributed by atoms with van der Waals surface area (Å²) in [6, 6.07) is 14.7. The standard InChI is InChI=1S/C11H8INO4.C11H20N2.C11H8NO4.2C4H9.F6P.Sn/c12-8-3-1-2-7(6-8)11(16)17-13-9(14)4-5-10(13)15;1-3-5-6-7-8-13-10-9-12(4-2)11-13;13-9-6-7-10(14)12(9)16-11(15)8-4-2-1-3-5-8;2*1-3-4-2;1-7(2,3,4,5)6;/h1-3,6H,4-5H2;9-11H,1,3-8H2,2H3;1-2,4-5H,6-7H2;2*1,3-4H2,2H3;;/q;+1;;;;-1;/i12-2;;;;;;. The Morgan fingerprint density at radius 3 is 1.58 bits per heavy atom. The minimum atomic E-state index is -10.7. The van der Waals surface area contributed by atoms with Crippen molar-refractivity contribution in [3.8, 4) is 0 Å². The first kappa shape index (κ1) is 52.8. The minimum absolute atomic E-state index is 0.0957. The topological polar surface area (TPSA) is 136 Å². The van der Waals surface area contributed by atoms with Gasteiger partial charge in [-0.2, -0.15) is 0 Å². The van der Waals surface area contributed by atoms with Gasteiger partial charge in [-0.1, -0.05) is 6.07 Å². The van der Waals surface area contributed by atoms with Crippen molar-refractivity contribution in [3.63, 3.8) is 0 Å². The molecule has 62 heavy (non-hydrogen) atoms. The molecule has 2 fully saturated rings. The number of carbonyl (C=O) groups is 6. The number of imidazole rings is 1. The molecule has 2 aliphatic heterocycles. The molecule has 0 aliphatic carbocycles. The number of hydrogen-bond donors (Lipinski definition) is 0. The van der Waals surface area contributed by atoms with E-state index in [-0.39, 0.29) is 25.7 Å². The van der Waals surface area contributed by atoms with Crippen molar-refractivity contribution in [1.82, 2.24) is 14.7 Å². The van der Waals surface area contributed by atoms with Crippen molar-refractivity contribution in [3.05, 3.63) is 81.9 Å². The maximum absolute atomic E-state index is 12.9. The van der Waals surface area contributed by atoms with Crippen LogP contribution < -0.4 is 8.15 Å². The second-order valence-corrected chi connectivity index (χ2v) is 31.5. The Balaban J connectivity index is 0.000000348. The van der Waals surface area contributed by atoms with Gasteiger partial charge in [0.05, 0.1) is 5.56 Å². The number of unbranched alkanes of at least 4 members (excludes halogenated alkanes) is 5. The molecule has 0 bridgehead atoms. The molecule has 0 atom stereocenters. The first-order valence-corrected chi connectivity index (χ1v) is 31.2. The zero-order valence-electron chi connectivity index (χ0n) is 35.0. The maximum Gasteiger partial charge on any atom is 0.363 e. The van der Waals surface area contributed by atoms with E-state index in [2.05, 4.69) is 77.3 Å². The largest absolute Gasteiger partial charge is 0.363 e. The van der Waals surface area contributed by atoms with E-state index >= 15 is 0 Å².